The van der Waals surface area contributed by atoms with Crippen molar-refractivity contribution in [2.24, 2.45) is 5.41 Å². The van der Waals surface area contributed by atoms with E-state index in [1.807, 2.05) is 13.0 Å². The van der Waals surface area contributed by atoms with Crippen LogP contribution >= 0.6 is 0 Å². The smallest absolute Gasteiger partial charge is 0.319 e. The average Bonchev–Trinajstić information content (AvgIpc) is 2.61. The Morgan fingerprint density at radius 2 is 2.31 bits per heavy atom. The quantitative estimate of drug-likeness (QED) is 0.728. The highest BCUT2D eigenvalue weighted by molar-refractivity contribution is 5.76. The molecule has 1 fully saturated rings. The van der Waals surface area contributed by atoms with Gasteiger partial charge in [-0.05, 0) is 12.3 Å². The Labute approximate surface area is 97.6 Å². The number of nitrogens with one attached hydrogen (secondary N) is 1. The van der Waals surface area contributed by atoms with Gasteiger partial charge >= 0.3 is 6.03 Å². The molecule has 0 aliphatic carbocycles. The molecule has 1 saturated heterocycles. The minimum absolute atomic E-state index is 0.0249. The van der Waals surface area contributed by atoms with Crippen LogP contribution in [0.25, 0.3) is 0 Å². The number of nitrogens with zero attached hydrogens (tertiary/aromatic N) is 1. The number of urea groups is 1. The standard InChI is InChI=1S/C12H22N2O2/c1-5-6-12(2,3)9-10(16-4)14-8-7-13-11(14)15/h5-6,10H,7-9H2,1-4H3,(H,13,15). The van der Waals surface area contributed by atoms with Crippen molar-refractivity contribution < 1.29 is 9.53 Å². The summed E-state index contributed by atoms with van der Waals surface area (Å²) < 4.78 is 5.42. The Morgan fingerprint density at radius 1 is 1.62 bits per heavy atom. The molecule has 0 radical (unpaired) electrons. The molecule has 0 aromatic carbocycles. The fourth-order valence-corrected chi connectivity index (χ4v) is 2.05. The third-order valence-corrected chi connectivity index (χ3v) is 2.83. The van der Waals surface area contributed by atoms with E-state index in [1.165, 1.54) is 0 Å². The van der Waals surface area contributed by atoms with Crippen molar-refractivity contribution in [1.82, 2.24) is 10.2 Å². The molecule has 0 saturated carbocycles. The second-order valence-corrected chi connectivity index (χ2v) is 4.81. The van der Waals surface area contributed by atoms with Gasteiger partial charge in [-0.25, -0.2) is 4.79 Å². The molecule has 1 rings (SSSR count). The van der Waals surface area contributed by atoms with Gasteiger partial charge in [-0.15, -0.1) is 0 Å². The lowest BCUT2D eigenvalue weighted by atomic mass is 9.88. The van der Waals surface area contributed by atoms with E-state index in [1.54, 1.807) is 12.0 Å². The maximum atomic E-state index is 11.5. The number of carbonyl (C=O) groups is 1. The van der Waals surface area contributed by atoms with Crippen molar-refractivity contribution >= 4 is 6.03 Å². The molecule has 16 heavy (non-hydrogen) atoms. The number of rotatable bonds is 5. The van der Waals surface area contributed by atoms with Crippen molar-refractivity contribution in [2.45, 2.75) is 33.4 Å². The Morgan fingerprint density at radius 3 is 2.75 bits per heavy atom. The fraction of sp³-hybridized carbons (Fsp3) is 0.750. The second kappa shape index (κ2) is 5.34. The van der Waals surface area contributed by atoms with Crippen LogP contribution in [-0.2, 0) is 4.74 Å². The predicted octanol–water partition coefficient (Wildman–Crippen LogP) is 1.98. The summed E-state index contributed by atoms with van der Waals surface area (Å²) in [4.78, 5) is 13.3. The van der Waals surface area contributed by atoms with Crippen molar-refractivity contribution in [3.8, 4) is 0 Å². The first-order valence-electron chi connectivity index (χ1n) is 5.71. The summed E-state index contributed by atoms with van der Waals surface area (Å²) in [6.07, 6.45) is 4.85. The summed E-state index contributed by atoms with van der Waals surface area (Å²) in [5.74, 6) is 0. The molecule has 92 valence electrons. The molecule has 4 nitrogen and oxygen atoms in total. The number of hydrogen-bond donors (Lipinski definition) is 1. The Hall–Kier alpha value is -1.03. The van der Waals surface area contributed by atoms with E-state index in [-0.39, 0.29) is 17.7 Å². The van der Waals surface area contributed by atoms with E-state index >= 15 is 0 Å². The van der Waals surface area contributed by atoms with E-state index in [0.29, 0.717) is 6.54 Å². The van der Waals surface area contributed by atoms with Crippen LogP contribution in [0.2, 0.25) is 0 Å². The van der Waals surface area contributed by atoms with Crippen molar-refractivity contribution in [3.63, 3.8) is 0 Å². The van der Waals surface area contributed by atoms with Crippen LogP contribution in [0.3, 0.4) is 0 Å². The lowest BCUT2D eigenvalue weighted by Crippen LogP contribution is -2.41. The predicted molar refractivity (Wildman–Crippen MR) is 64.1 cm³/mol. The molecule has 0 aromatic heterocycles. The zero-order valence-corrected chi connectivity index (χ0v) is 10.6. The molecule has 1 atom stereocenters. The summed E-state index contributed by atoms with van der Waals surface area (Å²) in [6.45, 7) is 7.73. The second-order valence-electron chi connectivity index (χ2n) is 4.81. The van der Waals surface area contributed by atoms with Gasteiger partial charge in [0.1, 0.15) is 6.23 Å². The molecule has 1 unspecified atom stereocenters. The molecular formula is C12H22N2O2. The zero-order chi connectivity index (χ0) is 12.2. The van der Waals surface area contributed by atoms with Gasteiger partial charge in [-0.1, -0.05) is 26.0 Å². The Balaban J connectivity index is 2.64. The van der Waals surface area contributed by atoms with Gasteiger partial charge in [0.15, 0.2) is 0 Å². The number of hydrogen-bond acceptors (Lipinski definition) is 2. The van der Waals surface area contributed by atoms with E-state index in [0.717, 1.165) is 13.0 Å². The van der Waals surface area contributed by atoms with E-state index in [4.69, 9.17) is 4.74 Å². The number of amides is 2. The molecule has 2 amide bonds. The first-order valence-corrected chi connectivity index (χ1v) is 5.71. The zero-order valence-electron chi connectivity index (χ0n) is 10.6. The van der Waals surface area contributed by atoms with E-state index < -0.39 is 0 Å². The van der Waals surface area contributed by atoms with Gasteiger partial charge in [0.2, 0.25) is 0 Å². The van der Waals surface area contributed by atoms with Crippen LogP contribution < -0.4 is 5.32 Å². The first kappa shape index (κ1) is 13.0. The summed E-state index contributed by atoms with van der Waals surface area (Å²) in [5.41, 5.74) is 0.0400. The summed E-state index contributed by atoms with van der Waals surface area (Å²) in [6, 6.07) is -0.0249. The molecule has 0 aromatic rings. The number of carbonyl (C=O) groups excluding carboxylic acids is 1. The highest BCUT2D eigenvalue weighted by Gasteiger charge is 2.31. The van der Waals surface area contributed by atoms with E-state index in [2.05, 4.69) is 25.2 Å². The van der Waals surface area contributed by atoms with Crippen LogP contribution in [-0.4, -0.2) is 37.4 Å². The minimum atomic E-state index is -0.145. The third kappa shape index (κ3) is 3.23. The largest absolute Gasteiger partial charge is 0.361 e. The molecular weight excluding hydrogens is 204 g/mol. The molecule has 0 spiro atoms. The van der Waals surface area contributed by atoms with Gasteiger partial charge in [-0.2, -0.15) is 0 Å². The Kier molecular flexibility index (Phi) is 4.35. The summed E-state index contributed by atoms with van der Waals surface area (Å²) in [7, 11) is 1.65. The average molecular weight is 226 g/mol. The lowest BCUT2D eigenvalue weighted by Gasteiger charge is -2.31. The minimum Gasteiger partial charge on any atom is -0.361 e. The van der Waals surface area contributed by atoms with Gasteiger partial charge in [0, 0.05) is 26.6 Å². The van der Waals surface area contributed by atoms with Crippen LogP contribution in [0, 0.1) is 5.41 Å². The summed E-state index contributed by atoms with van der Waals surface area (Å²) >= 11 is 0. The fourth-order valence-electron chi connectivity index (χ4n) is 2.05. The van der Waals surface area contributed by atoms with Crippen molar-refractivity contribution in [3.05, 3.63) is 12.2 Å². The molecule has 4 heteroatoms. The molecule has 0 bridgehead atoms. The van der Waals surface area contributed by atoms with Crippen LogP contribution in [0.15, 0.2) is 12.2 Å². The topological polar surface area (TPSA) is 41.6 Å². The SMILES string of the molecule is CC=CC(C)(C)CC(OC)N1CCNC1=O. The van der Waals surface area contributed by atoms with Crippen LogP contribution in [0.1, 0.15) is 27.2 Å². The highest BCUT2D eigenvalue weighted by Crippen LogP contribution is 2.27. The third-order valence-electron chi connectivity index (χ3n) is 2.83. The molecule has 1 N–H and O–H groups in total. The van der Waals surface area contributed by atoms with Gasteiger partial charge in [0.25, 0.3) is 0 Å². The molecule has 1 aliphatic rings. The lowest BCUT2D eigenvalue weighted by molar-refractivity contribution is -0.0195. The monoisotopic (exact) mass is 226 g/mol. The summed E-state index contributed by atoms with van der Waals surface area (Å²) in [5, 5.41) is 2.79. The van der Waals surface area contributed by atoms with Crippen molar-refractivity contribution in [1.29, 1.82) is 0 Å². The van der Waals surface area contributed by atoms with Gasteiger partial charge in [0.05, 0.1) is 0 Å². The van der Waals surface area contributed by atoms with Crippen molar-refractivity contribution in [2.75, 3.05) is 20.2 Å². The van der Waals surface area contributed by atoms with Gasteiger partial charge in [-0.3, -0.25) is 4.90 Å². The Bertz CT molecular complexity index is 274. The number of methoxy groups -OCH3 is 1. The maximum Gasteiger partial charge on any atom is 0.319 e. The van der Waals surface area contributed by atoms with Crippen LogP contribution in [0.5, 0.6) is 0 Å². The normalized spacial score (nSPS) is 19.2. The maximum absolute atomic E-state index is 11.5. The van der Waals surface area contributed by atoms with Gasteiger partial charge < -0.3 is 10.1 Å². The number of allylic oxidation sites excluding steroid dienone is 2. The highest BCUT2D eigenvalue weighted by atomic mass is 16.5. The van der Waals surface area contributed by atoms with Crippen LogP contribution in [0.4, 0.5) is 4.79 Å². The van der Waals surface area contributed by atoms with E-state index in [9.17, 15) is 4.79 Å². The number of ether oxygens (including phenoxy) is 1. The molecule has 1 aliphatic heterocycles. The first-order chi connectivity index (χ1) is 7.50. The molecule has 1 heterocycles.